The predicted molar refractivity (Wildman–Crippen MR) is 98.5 cm³/mol. The van der Waals surface area contributed by atoms with Crippen LogP contribution in [0.1, 0.15) is 57.9 Å². The highest BCUT2D eigenvalue weighted by Crippen LogP contribution is 2.17. The van der Waals surface area contributed by atoms with Gasteiger partial charge in [0.1, 0.15) is 6.04 Å². The average Bonchev–Trinajstić information content (AvgIpc) is 2.64. The number of hydrogen-bond acceptors (Lipinski definition) is 4. The molecule has 0 bridgehead atoms. The van der Waals surface area contributed by atoms with Gasteiger partial charge in [-0.3, -0.25) is 19.7 Å². The molecular formula is C19H28N2O3. The smallest absolute Gasteiger partial charge is 0.249 e. The molecule has 24 heavy (non-hydrogen) atoms. The lowest BCUT2D eigenvalue weighted by atomic mass is 10.0. The molecule has 0 spiro atoms. The van der Waals surface area contributed by atoms with Crippen molar-refractivity contribution in [3.63, 3.8) is 0 Å². The topological polar surface area (TPSA) is 75.3 Å². The van der Waals surface area contributed by atoms with Crippen LogP contribution in [-0.2, 0) is 9.59 Å². The standard InChI is InChI=1S/C15H14N2O3.2C2H6.H2/c1-2-12(11-6-4-3-5-10(11)9-18)16-13-7-8-14(19)17-15(13)20;2*1-2;/h3-6,9,13,16H,1,7-8H2,(H,17,19,20);2*1-2H3;1H. The van der Waals surface area contributed by atoms with Crippen LogP contribution in [0.15, 0.2) is 36.6 Å². The van der Waals surface area contributed by atoms with E-state index in [0.717, 1.165) is 6.29 Å². The molecule has 1 aromatic carbocycles. The Balaban J connectivity index is 0. The molecule has 5 heteroatoms. The van der Waals surface area contributed by atoms with Gasteiger partial charge in [0.25, 0.3) is 0 Å². The zero-order valence-electron chi connectivity index (χ0n) is 14.8. The second-order valence-electron chi connectivity index (χ2n) is 4.40. The molecule has 5 nitrogen and oxygen atoms in total. The van der Waals surface area contributed by atoms with Gasteiger partial charge < -0.3 is 5.32 Å². The maximum absolute atomic E-state index is 11.7. The molecule has 0 aromatic heterocycles. The lowest BCUT2D eigenvalue weighted by molar-refractivity contribution is -0.134. The molecule has 1 atom stereocenters. The van der Waals surface area contributed by atoms with Crippen molar-refractivity contribution in [2.45, 2.75) is 46.6 Å². The molecule has 1 unspecified atom stereocenters. The number of aldehydes is 1. The highest BCUT2D eigenvalue weighted by molar-refractivity contribution is 6.01. The molecule has 1 heterocycles. The second-order valence-corrected chi connectivity index (χ2v) is 4.40. The van der Waals surface area contributed by atoms with Gasteiger partial charge in [-0.1, -0.05) is 58.5 Å². The van der Waals surface area contributed by atoms with Crippen LogP contribution in [0.3, 0.4) is 0 Å². The number of imide groups is 1. The van der Waals surface area contributed by atoms with Crippen LogP contribution in [0, 0.1) is 0 Å². The van der Waals surface area contributed by atoms with E-state index in [0.29, 0.717) is 23.2 Å². The van der Waals surface area contributed by atoms with Crippen molar-refractivity contribution in [2.24, 2.45) is 0 Å². The lowest BCUT2D eigenvalue weighted by Gasteiger charge is -2.23. The summed E-state index contributed by atoms with van der Waals surface area (Å²) in [4.78, 5) is 33.9. The summed E-state index contributed by atoms with van der Waals surface area (Å²) < 4.78 is 0. The number of benzene rings is 1. The van der Waals surface area contributed by atoms with Gasteiger partial charge in [-0.15, -0.1) is 5.73 Å². The first-order valence-corrected chi connectivity index (χ1v) is 8.20. The van der Waals surface area contributed by atoms with E-state index in [1.165, 1.54) is 0 Å². The number of carbonyl (C=O) groups excluding carboxylic acids is 3. The Morgan fingerprint density at radius 3 is 2.46 bits per heavy atom. The number of carbonyl (C=O) groups is 3. The SMILES string of the molecule is C=C=C(NC1CCC(=O)NC1=O)c1ccccc1C=O.CC.CC.[HH]. The van der Waals surface area contributed by atoms with E-state index in [4.69, 9.17) is 0 Å². The molecule has 0 saturated carbocycles. The van der Waals surface area contributed by atoms with E-state index in [2.05, 4.69) is 22.9 Å². The first kappa shape index (κ1) is 21.4. The van der Waals surface area contributed by atoms with Crippen LogP contribution in [0.25, 0.3) is 5.70 Å². The van der Waals surface area contributed by atoms with E-state index in [-0.39, 0.29) is 19.7 Å². The highest BCUT2D eigenvalue weighted by atomic mass is 16.2. The van der Waals surface area contributed by atoms with Crippen LogP contribution in [0.5, 0.6) is 0 Å². The number of rotatable bonds is 4. The number of nitrogens with one attached hydrogen (secondary N) is 2. The summed E-state index contributed by atoms with van der Waals surface area (Å²) in [6, 6.07) is 6.42. The first-order valence-electron chi connectivity index (χ1n) is 8.20. The predicted octanol–water partition coefficient (Wildman–Crippen LogP) is 3.32. The summed E-state index contributed by atoms with van der Waals surface area (Å²) in [6.45, 7) is 11.6. The fourth-order valence-electron chi connectivity index (χ4n) is 2.06. The zero-order chi connectivity index (χ0) is 18.5. The summed E-state index contributed by atoms with van der Waals surface area (Å²) in [6.07, 6.45) is 1.42. The summed E-state index contributed by atoms with van der Waals surface area (Å²) in [5, 5.41) is 5.25. The number of hydrogen-bond donors (Lipinski definition) is 2. The molecule has 1 aromatic rings. The minimum Gasteiger partial charge on any atom is -0.367 e. The van der Waals surface area contributed by atoms with Crippen LogP contribution in [0.2, 0.25) is 0 Å². The minimum absolute atomic E-state index is 0. The Kier molecular flexibility index (Phi) is 10.5. The van der Waals surface area contributed by atoms with Gasteiger partial charge in [0, 0.05) is 19.0 Å². The molecule has 2 amide bonds. The fraction of sp³-hybridized carbons (Fsp3) is 0.368. The van der Waals surface area contributed by atoms with Crippen LogP contribution < -0.4 is 10.6 Å². The Hall–Kier alpha value is -2.65. The number of amides is 2. The summed E-state index contributed by atoms with van der Waals surface area (Å²) >= 11 is 0. The monoisotopic (exact) mass is 332 g/mol. The van der Waals surface area contributed by atoms with Gasteiger partial charge in [-0.25, -0.2) is 0 Å². The van der Waals surface area contributed by atoms with Gasteiger partial charge in [-0.05, 0) is 6.42 Å². The number of piperidine rings is 1. The van der Waals surface area contributed by atoms with E-state index in [1.807, 2.05) is 27.7 Å². The molecule has 2 N–H and O–H groups in total. The summed E-state index contributed by atoms with van der Waals surface area (Å²) in [5.74, 6) is -0.650. The van der Waals surface area contributed by atoms with E-state index >= 15 is 0 Å². The van der Waals surface area contributed by atoms with Crippen LogP contribution >= 0.6 is 0 Å². The zero-order valence-corrected chi connectivity index (χ0v) is 14.8. The van der Waals surface area contributed by atoms with E-state index in [9.17, 15) is 14.4 Å². The van der Waals surface area contributed by atoms with Gasteiger partial charge in [-0.2, -0.15) is 0 Å². The Morgan fingerprint density at radius 2 is 1.92 bits per heavy atom. The molecule has 1 aliphatic rings. The van der Waals surface area contributed by atoms with Gasteiger partial charge in [0.15, 0.2) is 6.29 Å². The maximum Gasteiger partial charge on any atom is 0.249 e. The van der Waals surface area contributed by atoms with Gasteiger partial charge in [0.2, 0.25) is 11.8 Å². The third-order valence-electron chi connectivity index (χ3n) is 3.09. The average molecular weight is 332 g/mol. The Bertz CT molecular complexity index is 623. The molecule has 2 rings (SSSR count). The maximum atomic E-state index is 11.7. The quantitative estimate of drug-likeness (QED) is 0.504. The molecule has 0 radical (unpaired) electrons. The van der Waals surface area contributed by atoms with Crippen molar-refractivity contribution >= 4 is 23.8 Å². The molecule has 1 saturated heterocycles. The summed E-state index contributed by atoms with van der Waals surface area (Å²) in [5.41, 5.74) is 4.29. The fourth-order valence-corrected chi connectivity index (χ4v) is 2.06. The van der Waals surface area contributed by atoms with Crippen molar-refractivity contribution < 1.29 is 15.8 Å². The van der Waals surface area contributed by atoms with E-state index in [1.54, 1.807) is 24.3 Å². The molecule has 132 valence electrons. The van der Waals surface area contributed by atoms with Crippen LogP contribution in [0.4, 0.5) is 0 Å². The Morgan fingerprint density at radius 1 is 1.29 bits per heavy atom. The molecule has 0 aliphatic carbocycles. The largest absolute Gasteiger partial charge is 0.367 e. The molecule has 1 fully saturated rings. The Labute approximate surface area is 145 Å². The first-order chi connectivity index (χ1) is 11.7. The summed E-state index contributed by atoms with van der Waals surface area (Å²) in [7, 11) is 0. The minimum atomic E-state index is -0.531. The second kappa shape index (κ2) is 11.9. The normalized spacial score (nSPS) is 15.4. The van der Waals surface area contributed by atoms with Crippen molar-refractivity contribution in [2.75, 3.05) is 0 Å². The van der Waals surface area contributed by atoms with Crippen molar-refractivity contribution in [3.8, 4) is 0 Å². The third kappa shape index (κ3) is 5.86. The van der Waals surface area contributed by atoms with Crippen molar-refractivity contribution in [1.82, 2.24) is 10.6 Å². The van der Waals surface area contributed by atoms with Gasteiger partial charge >= 0.3 is 0 Å². The molecular weight excluding hydrogens is 304 g/mol. The van der Waals surface area contributed by atoms with Crippen LogP contribution in [-0.4, -0.2) is 24.1 Å². The van der Waals surface area contributed by atoms with E-state index < -0.39 is 6.04 Å². The lowest BCUT2D eigenvalue weighted by Crippen LogP contribution is -2.50. The van der Waals surface area contributed by atoms with Gasteiger partial charge in [0.05, 0.1) is 5.70 Å². The molecule has 1 aliphatic heterocycles. The third-order valence-corrected chi connectivity index (χ3v) is 3.09. The highest BCUT2D eigenvalue weighted by Gasteiger charge is 2.27. The van der Waals surface area contributed by atoms with Crippen molar-refractivity contribution in [3.05, 3.63) is 47.7 Å². The van der Waals surface area contributed by atoms with Crippen molar-refractivity contribution in [1.29, 1.82) is 0 Å².